The van der Waals surface area contributed by atoms with Crippen LogP contribution in [0, 0.1) is 0 Å². The molecule has 0 unspecified atom stereocenters. The van der Waals surface area contributed by atoms with E-state index in [2.05, 4.69) is 62.0 Å². The molecule has 1 heteroatoms. The van der Waals surface area contributed by atoms with Crippen molar-refractivity contribution in [1.82, 2.24) is 0 Å². The molecule has 0 aliphatic heterocycles. The Labute approximate surface area is 122 Å². The lowest BCUT2D eigenvalue weighted by atomic mass is 10.1. The van der Waals surface area contributed by atoms with Gasteiger partial charge >= 0.3 is 0 Å². The van der Waals surface area contributed by atoms with E-state index in [1.54, 1.807) is 0 Å². The van der Waals surface area contributed by atoms with Crippen LogP contribution in [0.4, 0.5) is 0 Å². The van der Waals surface area contributed by atoms with Gasteiger partial charge in [-0.1, -0.05) is 68.0 Å². The second kappa shape index (κ2) is 7.81. The highest BCUT2D eigenvalue weighted by atomic mass is 35.5. The van der Waals surface area contributed by atoms with Gasteiger partial charge in [-0.2, -0.15) is 0 Å². The van der Waals surface area contributed by atoms with Crippen LogP contribution in [-0.4, -0.2) is 0 Å². The first kappa shape index (κ1) is 15.5. The third-order valence-corrected chi connectivity index (χ3v) is 3.20. The Morgan fingerprint density at radius 2 is 1.42 bits per heavy atom. The summed E-state index contributed by atoms with van der Waals surface area (Å²) in [5.74, 6) is 0. The quantitative estimate of drug-likeness (QED) is 0.529. The maximum Gasteiger partial charge on any atom is -0.00135 e. The zero-order chi connectivity index (χ0) is 12.8. The number of rotatable bonds is 2. The summed E-state index contributed by atoms with van der Waals surface area (Å²) in [5.41, 5.74) is 5.75. The molecule has 0 radical (unpaired) electrons. The second-order valence-electron chi connectivity index (χ2n) is 4.57. The average molecular weight is 273 g/mol. The van der Waals surface area contributed by atoms with E-state index in [1.165, 1.54) is 28.7 Å². The summed E-state index contributed by atoms with van der Waals surface area (Å²) in [6.45, 7) is 5.69. The number of benzene rings is 2. The predicted octanol–water partition coefficient (Wildman–Crippen LogP) is 5.65. The molecule has 19 heavy (non-hydrogen) atoms. The molecule has 2 aromatic carbocycles. The lowest BCUT2D eigenvalue weighted by Crippen LogP contribution is -1.77. The predicted molar refractivity (Wildman–Crippen MR) is 87.0 cm³/mol. The van der Waals surface area contributed by atoms with E-state index >= 15 is 0 Å². The molecule has 0 aromatic heterocycles. The number of halogens is 1. The van der Waals surface area contributed by atoms with Crippen LogP contribution < -0.4 is 0 Å². The van der Waals surface area contributed by atoms with Gasteiger partial charge in [0.05, 0.1) is 0 Å². The molecule has 0 nitrogen and oxygen atoms in total. The lowest BCUT2D eigenvalue weighted by Gasteiger charge is -1.98. The van der Waals surface area contributed by atoms with Gasteiger partial charge in [-0.3, -0.25) is 0 Å². The normalized spacial score (nSPS) is 10.4. The molecule has 0 saturated carbocycles. The Bertz CT molecular complexity index is 485. The third-order valence-electron chi connectivity index (χ3n) is 3.20. The summed E-state index contributed by atoms with van der Waals surface area (Å²) >= 11 is 0. The highest BCUT2D eigenvalue weighted by Crippen LogP contribution is 2.35. The molecule has 0 bridgehead atoms. The van der Waals surface area contributed by atoms with Gasteiger partial charge in [0.1, 0.15) is 0 Å². The topological polar surface area (TPSA) is 0 Å². The van der Waals surface area contributed by atoms with Gasteiger partial charge in [0.25, 0.3) is 0 Å². The fraction of sp³-hybridized carbons (Fsp3) is 0.222. The van der Waals surface area contributed by atoms with Gasteiger partial charge in [-0.25, -0.2) is 0 Å². The summed E-state index contributed by atoms with van der Waals surface area (Å²) in [7, 11) is 0. The first-order valence-electron chi connectivity index (χ1n) is 6.64. The van der Waals surface area contributed by atoms with Crippen molar-refractivity contribution in [3.63, 3.8) is 0 Å². The van der Waals surface area contributed by atoms with E-state index in [1.807, 2.05) is 6.08 Å². The van der Waals surface area contributed by atoms with Crippen LogP contribution in [0.25, 0.3) is 11.1 Å². The van der Waals surface area contributed by atoms with Crippen molar-refractivity contribution in [2.75, 3.05) is 0 Å². The number of hydrogen-bond donors (Lipinski definition) is 0. The first-order chi connectivity index (χ1) is 8.86. The Morgan fingerprint density at radius 3 is 1.79 bits per heavy atom. The molecular weight excluding hydrogens is 252 g/mol. The molecule has 0 N–H and O–H groups in total. The monoisotopic (exact) mass is 272 g/mol. The summed E-state index contributed by atoms with van der Waals surface area (Å²) in [4.78, 5) is 0. The fourth-order valence-electron chi connectivity index (χ4n) is 2.28. The van der Waals surface area contributed by atoms with E-state index in [0.29, 0.717) is 0 Å². The number of hydrogen-bond acceptors (Lipinski definition) is 0. The molecule has 3 rings (SSSR count). The minimum absolute atomic E-state index is 0. The zero-order valence-corrected chi connectivity index (χ0v) is 12.2. The number of unbranched alkanes of at least 4 members (excludes halogenated alkanes) is 1. The minimum atomic E-state index is 0. The molecule has 0 amide bonds. The first-order valence-corrected chi connectivity index (χ1v) is 6.64. The standard InChI is InChI=1S/C13H10.C5H10.ClH/c1-3-7-12-10(5-1)9-11-6-2-4-8-13(11)12;1-3-5-4-2;/h1-8H,9H2;3H,1,4-5H2,2H3;1H. The molecule has 0 atom stereocenters. The van der Waals surface area contributed by atoms with Gasteiger partial charge in [-0.05, 0) is 35.1 Å². The van der Waals surface area contributed by atoms with E-state index < -0.39 is 0 Å². The van der Waals surface area contributed by atoms with Gasteiger partial charge < -0.3 is 0 Å². The Kier molecular flexibility index (Phi) is 6.38. The minimum Gasteiger partial charge on any atom is -0.147 e. The summed E-state index contributed by atoms with van der Waals surface area (Å²) in [6, 6.07) is 17.3. The summed E-state index contributed by atoms with van der Waals surface area (Å²) in [6.07, 6.45) is 5.41. The summed E-state index contributed by atoms with van der Waals surface area (Å²) < 4.78 is 0. The SMILES string of the molecule is C=CCCC.Cl.c1ccc2c(c1)Cc1ccccc1-2. The van der Waals surface area contributed by atoms with Crippen LogP contribution in [-0.2, 0) is 6.42 Å². The molecule has 2 aromatic rings. The molecular formula is C18H21Cl. The zero-order valence-electron chi connectivity index (χ0n) is 11.4. The Balaban J connectivity index is 0.000000265. The van der Waals surface area contributed by atoms with Crippen LogP contribution in [0.5, 0.6) is 0 Å². The van der Waals surface area contributed by atoms with Crippen molar-refractivity contribution in [3.8, 4) is 11.1 Å². The molecule has 100 valence electrons. The van der Waals surface area contributed by atoms with Crippen molar-refractivity contribution in [2.45, 2.75) is 26.2 Å². The van der Waals surface area contributed by atoms with Crippen LogP contribution in [0.2, 0.25) is 0 Å². The maximum atomic E-state index is 3.55. The molecule has 0 spiro atoms. The van der Waals surface area contributed by atoms with E-state index in [9.17, 15) is 0 Å². The Morgan fingerprint density at radius 1 is 0.947 bits per heavy atom. The smallest absolute Gasteiger partial charge is 0.00135 e. The molecule has 0 fully saturated rings. The van der Waals surface area contributed by atoms with Crippen LogP contribution in [0.1, 0.15) is 30.9 Å². The molecule has 1 aliphatic rings. The van der Waals surface area contributed by atoms with Crippen molar-refractivity contribution >= 4 is 12.4 Å². The van der Waals surface area contributed by atoms with Crippen LogP contribution >= 0.6 is 12.4 Å². The summed E-state index contributed by atoms with van der Waals surface area (Å²) in [5, 5.41) is 0. The maximum absolute atomic E-state index is 3.55. The van der Waals surface area contributed by atoms with Crippen molar-refractivity contribution in [2.24, 2.45) is 0 Å². The second-order valence-corrected chi connectivity index (χ2v) is 4.57. The molecule has 1 aliphatic carbocycles. The van der Waals surface area contributed by atoms with E-state index in [-0.39, 0.29) is 12.4 Å². The Hall–Kier alpha value is -1.53. The molecule has 0 heterocycles. The molecule has 0 saturated heterocycles. The van der Waals surface area contributed by atoms with Crippen LogP contribution in [0.15, 0.2) is 61.2 Å². The number of allylic oxidation sites excluding steroid dienone is 1. The fourth-order valence-corrected chi connectivity index (χ4v) is 2.28. The van der Waals surface area contributed by atoms with Crippen molar-refractivity contribution in [1.29, 1.82) is 0 Å². The van der Waals surface area contributed by atoms with Gasteiger partial charge in [0.2, 0.25) is 0 Å². The van der Waals surface area contributed by atoms with Gasteiger partial charge in [0, 0.05) is 0 Å². The third kappa shape index (κ3) is 3.71. The average Bonchev–Trinajstić information content (AvgIpc) is 2.79. The highest BCUT2D eigenvalue weighted by Gasteiger charge is 2.15. The van der Waals surface area contributed by atoms with E-state index in [4.69, 9.17) is 0 Å². The largest absolute Gasteiger partial charge is 0.147 e. The van der Waals surface area contributed by atoms with Gasteiger partial charge in [0.15, 0.2) is 0 Å². The van der Waals surface area contributed by atoms with Crippen molar-refractivity contribution < 1.29 is 0 Å². The van der Waals surface area contributed by atoms with Gasteiger partial charge in [-0.15, -0.1) is 19.0 Å². The number of fused-ring (bicyclic) bond motifs is 3. The van der Waals surface area contributed by atoms with Crippen LogP contribution in [0.3, 0.4) is 0 Å². The van der Waals surface area contributed by atoms with Crippen molar-refractivity contribution in [3.05, 3.63) is 72.3 Å². The highest BCUT2D eigenvalue weighted by molar-refractivity contribution is 5.85. The lowest BCUT2D eigenvalue weighted by molar-refractivity contribution is 0.961. The van der Waals surface area contributed by atoms with E-state index in [0.717, 1.165) is 12.8 Å².